The highest BCUT2D eigenvalue weighted by molar-refractivity contribution is 6.35. The maximum Gasteiger partial charge on any atom is 0.295 e. The van der Waals surface area contributed by atoms with Gasteiger partial charge in [-0.2, -0.15) is 0 Å². The SMILES string of the molecule is O=C(Nc1c(F)cccc1[N+](=O)[O-])c1nc(Cl)ccc1Cl. The number of benzene rings is 1. The molecular weight excluding hydrogens is 324 g/mol. The van der Waals surface area contributed by atoms with Crippen LogP contribution in [0.5, 0.6) is 0 Å². The number of carbonyl (C=O) groups excluding carboxylic acids is 1. The summed E-state index contributed by atoms with van der Waals surface area (Å²) in [7, 11) is 0. The summed E-state index contributed by atoms with van der Waals surface area (Å²) in [6.45, 7) is 0. The lowest BCUT2D eigenvalue weighted by molar-refractivity contribution is -0.384. The number of hydrogen-bond acceptors (Lipinski definition) is 4. The molecule has 9 heteroatoms. The molecule has 0 aliphatic rings. The van der Waals surface area contributed by atoms with Crippen molar-refractivity contribution in [1.82, 2.24) is 4.98 Å². The predicted molar refractivity (Wildman–Crippen MR) is 75.3 cm³/mol. The van der Waals surface area contributed by atoms with Crippen molar-refractivity contribution in [2.45, 2.75) is 0 Å². The molecule has 1 aromatic heterocycles. The number of halogens is 3. The van der Waals surface area contributed by atoms with Crippen LogP contribution in [0, 0.1) is 15.9 Å². The molecule has 1 aromatic carbocycles. The zero-order valence-electron chi connectivity index (χ0n) is 10.1. The van der Waals surface area contributed by atoms with Gasteiger partial charge >= 0.3 is 0 Å². The van der Waals surface area contributed by atoms with Crippen LogP contribution in [0.25, 0.3) is 0 Å². The van der Waals surface area contributed by atoms with Gasteiger partial charge in [0.1, 0.15) is 10.8 Å². The third-order valence-electron chi connectivity index (χ3n) is 2.45. The predicted octanol–water partition coefficient (Wildman–Crippen LogP) is 3.69. The molecule has 2 rings (SSSR count). The Bertz CT molecular complexity index is 740. The second kappa shape index (κ2) is 6.02. The molecule has 0 aliphatic carbocycles. The minimum Gasteiger partial charge on any atom is -0.312 e. The van der Waals surface area contributed by atoms with E-state index >= 15 is 0 Å². The van der Waals surface area contributed by atoms with Gasteiger partial charge in [-0.05, 0) is 18.2 Å². The summed E-state index contributed by atoms with van der Waals surface area (Å²) < 4.78 is 13.7. The first-order valence-corrected chi connectivity index (χ1v) is 6.22. The molecule has 0 aliphatic heterocycles. The van der Waals surface area contributed by atoms with Crippen molar-refractivity contribution in [2.24, 2.45) is 0 Å². The Hall–Kier alpha value is -2.25. The first-order valence-electron chi connectivity index (χ1n) is 5.46. The highest BCUT2D eigenvalue weighted by Crippen LogP contribution is 2.28. The number of aromatic nitrogens is 1. The van der Waals surface area contributed by atoms with E-state index in [1.165, 1.54) is 12.1 Å². The van der Waals surface area contributed by atoms with Gasteiger partial charge in [0.25, 0.3) is 11.6 Å². The number of nitro groups is 1. The van der Waals surface area contributed by atoms with Gasteiger partial charge in [-0.15, -0.1) is 0 Å². The molecule has 0 radical (unpaired) electrons. The first kappa shape index (κ1) is 15.1. The number of para-hydroxylation sites is 1. The van der Waals surface area contributed by atoms with Gasteiger partial charge < -0.3 is 5.32 Å². The van der Waals surface area contributed by atoms with E-state index in [1.807, 2.05) is 0 Å². The van der Waals surface area contributed by atoms with Gasteiger partial charge in [0.15, 0.2) is 11.5 Å². The fraction of sp³-hybridized carbons (Fsp3) is 0. The van der Waals surface area contributed by atoms with E-state index in [0.29, 0.717) is 0 Å². The van der Waals surface area contributed by atoms with Gasteiger partial charge in [0, 0.05) is 6.07 Å². The number of carbonyl (C=O) groups is 1. The number of nitro benzene ring substituents is 1. The zero-order chi connectivity index (χ0) is 15.6. The quantitative estimate of drug-likeness (QED) is 0.528. The van der Waals surface area contributed by atoms with E-state index in [9.17, 15) is 19.3 Å². The molecule has 6 nitrogen and oxygen atoms in total. The molecule has 0 spiro atoms. The summed E-state index contributed by atoms with van der Waals surface area (Å²) in [6, 6.07) is 5.91. The van der Waals surface area contributed by atoms with E-state index in [4.69, 9.17) is 23.2 Å². The third kappa shape index (κ3) is 3.26. The third-order valence-corrected chi connectivity index (χ3v) is 2.97. The topological polar surface area (TPSA) is 85.1 Å². The highest BCUT2D eigenvalue weighted by atomic mass is 35.5. The smallest absolute Gasteiger partial charge is 0.295 e. The number of hydrogen-bond donors (Lipinski definition) is 1. The van der Waals surface area contributed by atoms with Crippen molar-refractivity contribution in [2.75, 3.05) is 5.32 Å². The summed E-state index contributed by atoms with van der Waals surface area (Å²) in [6.07, 6.45) is 0. The van der Waals surface area contributed by atoms with Crippen LogP contribution in [0.1, 0.15) is 10.5 Å². The van der Waals surface area contributed by atoms with Crippen molar-refractivity contribution in [1.29, 1.82) is 0 Å². The van der Waals surface area contributed by atoms with Crippen molar-refractivity contribution < 1.29 is 14.1 Å². The molecule has 1 N–H and O–H groups in total. The highest BCUT2D eigenvalue weighted by Gasteiger charge is 2.22. The largest absolute Gasteiger partial charge is 0.312 e. The van der Waals surface area contributed by atoms with Gasteiger partial charge in [0.2, 0.25) is 0 Å². The second-order valence-electron chi connectivity index (χ2n) is 3.81. The standard InChI is InChI=1S/C12H6Cl2FN3O3/c13-6-4-5-9(14)16-10(6)12(19)17-11-7(15)2-1-3-8(11)18(20)21/h1-5H,(H,17,19). The zero-order valence-corrected chi connectivity index (χ0v) is 11.7. The summed E-state index contributed by atoms with van der Waals surface area (Å²) >= 11 is 11.4. The van der Waals surface area contributed by atoms with Crippen LogP contribution in [0.4, 0.5) is 15.8 Å². The molecule has 108 valence electrons. The van der Waals surface area contributed by atoms with Gasteiger partial charge in [-0.3, -0.25) is 14.9 Å². The molecule has 1 heterocycles. The Morgan fingerprint density at radius 3 is 2.67 bits per heavy atom. The lowest BCUT2D eigenvalue weighted by atomic mass is 10.2. The van der Waals surface area contributed by atoms with Crippen molar-refractivity contribution >= 4 is 40.5 Å². The Balaban J connectivity index is 2.41. The van der Waals surface area contributed by atoms with Gasteiger partial charge in [0.05, 0.1) is 9.95 Å². The first-order chi connectivity index (χ1) is 9.90. The van der Waals surface area contributed by atoms with E-state index < -0.39 is 28.0 Å². The summed E-state index contributed by atoms with van der Waals surface area (Å²) in [5.74, 6) is -1.86. The average molecular weight is 330 g/mol. The minimum absolute atomic E-state index is 0.00702. The lowest BCUT2D eigenvalue weighted by Crippen LogP contribution is -2.16. The van der Waals surface area contributed by atoms with Gasteiger partial charge in [-0.1, -0.05) is 29.3 Å². The average Bonchev–Trinajstić information content (AvgIpc) is 2.43. The van der Waals surface area contributed by atoms with Crippen molar-refractivity contribution in [3.63, 3.8) is 0 Å². The van der Waals surface area contributed by atoms with Gasteiger partial charge in [-0.25, -0.2) is 9.37 Å². The van der Waals surface area contributed by atoms with Crippen LogP contribution < -0.4 is 5.32 Å². The fourth-order valence-electron chi connectivity index (χ4n) is 1.54. The summed E-state index contributed by atoms with van der Waals surface area (Å²) in [5.41, 5.74) is -1.41. The summed E-state index contributed by atoms with van der Waals surface area (Å²) in [4.78, 5) is 25.7. The maximum atomic E-state index is 13.7. The Labute approximate surface area is 127 Å². The van der Waals surface area contributed by atoms with Crippen LogP contribution in [-0.2, 0) is 0 Å². The molecule has 0 saturated carbocycles. The molecule has 21 heavy (non-hydrogen) atoms. The Morgan fingerprint density at radius 1 is 1.29 bits per heavy atom. The van der Waals surface area contributed by atoms with Crippen molar-refractivity contribution in [3.8, 4) is 0 Å². The number of pyridine rings is 1. The number of amides is 1. The summed E-state index contributed by atoms with van der Waals surface area (Å²) in [5, 5.41) is 12.9. The normalized spacial score (nSPS) is 10.2. The van der Waals surface area contributed by atoms with Crippen LogP contribution >= 0.6 is 23.2 Å². The molecule has 2 aromatic rings. The van der Waals surface area contributed by atoms with E-state index in [-0.39, 0.29) is 15.9 Å². The van der Waals surface area contributed by atoms with E-state index in [1.54, 1.807) is 0 Å². The number of nitrogens with zero attached hydrogens (tertiary/aromatic N) is 2. The maximum absolute atomic E-state index is 13.7. The van der Waals surface area contributed by atoms with E-state index in [2.05, 4.69) is 10.3 Å². The van der Waals surface area contributed by atoms with E-state index in [0.717, 1.165) is 18.2 Å². The fourth-order valence-corrected chi connectivity index (χ4v) is 1.88. The van der Waals surface area contributed by atoms with Crippen LogP contribution in [0.3, 0.4) is 0 Å². The molecule has 0 atom stereocenters. The molecule has 0 bridgehead atoms. The number of nitrogens with one attached hydrogen (secondary N) is 1. The molecule has 0 saturated heterocycles. The number of rotatable bonds is 3. The van der Waals surface area contributed by atoms with Crippen LogP contribution in [0.15, 0.2) is 30.3 Å². The Kier molecular flexibility index (Phi) is 4.35. The molecular formula is C12H6Cl2FN3O3. The molecule has 0 fully saturated rings. The second-order valence-corrected chi connectivity index (χ2v) is 4.60. The number of anilines is 1. The Morgan fingerprint density at radius 2 is 2.00 bits per heavy atom. The lowest BCUT2D eigenvalue weighted by Gasteiger charge is -2.07. The van der Waals surface area contributed by atoms with Crippen molar-refractivity contribution in [3.05, 3.63) is 62.1 Å². The minimum atomic E-state index is -0.948. The van der Waals surface area contributed by atoms with Crippen LogP contribution in [0.2, 0.25) is 10.2 Å². The van der Waals surface area contributed by atoms with Crippen LogP contribution in [-0.4, -0.2) is 15.8 Å². The molecule has 0 unspecified atom stereocenters. The molecule has 1 amide bonds. The monoisotopic (exact) mass is 329 g/mol.